The smallest absolute Gasteiger partial charge is 0.227 e. The van der Waals surface area contributed by atoms with Crippen LogP contribution in [0.1, 0.15) is 19.3 Å². The van der Waals surface area contributed by atoms with Gasteiger partial charge < -0.3 is 20.7 Å². The third-order valence-corrected chi connectivity index (χ3v) is 4.60. The molecule has 1 fully saturated rings. The van der Waals surface area contributed by atoms with Gasteiger partial charge in [0.05, 0.1) is 24.9 Å². The fourth-order valence-corrected chi connectivity index (χ4v) is 3.05. The Morgan fingerprint density at radius 1 is 1.14 bits per heavy atom. The molecule has 1 aromatic heterocycles. The van der Waals surface area contributed by atoms with E-state index >= 15 is 0 Å². The topological polar surface area (TPSA) is 97.6 Å². The number of nitrogen functional groups attached to an aromatic ring is 1. The van der Waals surface area contributed by atoms with Crippen LogP contribution >= 0.6 is 12.4 Å². The first-order chi connectivity index (χ1) is 13.1. The highest BCUT2D eigenvalue weighted by Gasteiger charge is 2.27. The summed E-state index contributed by atoms with van der Waals surface area (Å²) in [6, 6.07) is 12.8. The highest BCUT2D eigenvalue weighted by atomic mass is 35.5. The predicted molar refractivity (Wildman–Crippen MR) is 110 cm³/mol. The van der Waals surface area contributed by atoms with Gasteiger partial charge in [0, 0.05) is 19.0 Å². The van der Waals surface area contributed by atoms with E-state index < -0.39 is 0 Å². The van der Waals surface area contributed by atoms with E-state index in [0.29, 0.717) is 50.5 Å². The summed E-state index contributed by atoms with van der Waals surface area (Å²) in [6.07, 6.45) is 3.18. The number of hydrogen-bond donors (Lipinski definition) is 2. The third-order valence-electron chi connectivity index (χ3n) is 4.60. The summed E-state index contributed by atoms with van der Waals surface area (Å²) in [5, 5.41) is 2.85. The lowest BCUT2D eigenvalue weighted by atomic mass is 9.95. The number of nitrogens with one attached hydrogen (secondary N) is 1. The summed E-state index contributed by atoms with van der Waals surface area (Å²) in [5.74, 6) is 1.09. The maximum atomic E-state index is 12.4. The fourth-order valence-electron chi connectivity index (χ4n) is 3.05. The molecule has 0 radical (unpaired) electrons. The second-order valence-electron chi connectivity index (χ2n) is 6.53. The van der Waals surface area contributed by atoms with Gasteiger partial charge in [-0.3, -0.25) is 9.59 Å². The Morgan fingerprint density at radius 2 is 1.86 bits per heavy atom. The second-order valence-corrected chi connectivity index (χ2v) is 6.53. The molecule has 0 unspecified atom stereocenters. The molecule has 7 nitrogen and oxygen atoms in total. The van der Waals surface area contributed by atoms with Crippen molar-refractivity contribution in [2.75, 3.05) is 30.7 Å². The average Bonchev–Trinajstić information content (AvgIpc) is 2.70. The Kier molecular flexibility index (Phi) is 8.07. The maximum absolute atomic E-state index is 12.4. The van der Waals surface area contributed by atoms with Gasteiger partial charge in [-0.05, 0) is 37.1 Å². The van der Waals surface area contributed by atoms with Crippen molar-refractivity contribution in [1.82, 2.24) is 9.88 Å². The minimum absolute atomic E-state index is 0. The zero-order chi connectivity index (χ0) is 19.1. The van der Waals surface area contributed by atoms with Crippen molar-refractivity contribution < 1.29 is 14.3 Å². The molecule has 3 N–H and O–H groups in total. The second kappa shape index (κ2) is 10.5. The van der Waals surface area contributed by atoms with E-state index in [1.807, 2.05) is 35.2 Å². The molecule has 2 aromatic rings. The zero-order valence-corrected chi connectivity index (χ0v) is 16.4. The van der Waals surface area contributed by atoms with E-state index in [-0.39, 0.29) is 30.1 Å². The van der Waals surface area contributed by atoms with Crippen LogP contribution in [0.25, 0.3) is 0 Å². The molecule has 0 aliphatic carbocycles. The number of ether oxygens (including phenoxy) is 1. The summed E-state index contributed by atoms with van der Waals surface area (Å²) < 4.78 is 5.58. The summed E-state index contributed by atoms with van der Waals surface area (Å²) in [7, 11) is 0. The molecule has 2 heterocycles. The van der Waals surface area contributed by atoms with Gasteiger partial charge in [0.1, 0.15) is 11.6 Å². The summed E-state index contributed by atoms with van der Waals surface area (Å²) in [4.78, 5) is 30.4. The van der Waals surface area contributed by atoms with Crippen LogP contribution < -0.4 is 15.8 Å². The number of para-hydroxylation sites is 1. The molecule has 28 heavy (non-hydrogen) atoms. The van der Waals surface area contributed by atoms with E-state index in [1.54, 1.807) is 18.3 Å². The summed E-state index contributed by atoms with van der Waals surface area (Å²) in [5.41, 5.74) is 6.17. The zero-order valence-electron chi connectivity index (χ0n) is 15.5. The van der Waals surface area contributed by atoms with Gasteiger partial charge in [0.25, 0.3) is 0 Å². The lowest BCUT2D eigenvalue weighted by Gasteiger charge is -2.31. The number of likely N-dealkylation sites (tertiary alicyclic amines) is 1. The van der Waals surface area contributed by atoms with E-state index in [2.05, 4.69) is 10.3 Å². The van der Waals surface area contributed by atoms with Gasteiger partial charge in [0.2, 0.25) is 11.8 Å². The summed E-state index contributed by atoms with van der Waals surface area (Å²) >= 11 is 0. The predicted octanol–water partition coefficient (Wildman–Crippen LogP) is 2.73. The van der Waals surface area contributed by atoms with E-state index in [0.717, 1.165) is 5.75 Å². The van der Waals surface area contributed by atoms with Crippen LogP contribution in [0.3, 0.4) is 0 Å². The van der Waals surface area contributed by atoms with Crippen molar-refractivity contribution in [3.63, 3.8) is 0 Å². The first-order valence-electron chi connectivity index (χ1n) is 9.10. The number of nitrogens with two attached hydrogens (primary N) is 1. The number of carbonyl (C=O) groups excluding carboxylic acids is 2. The number of pyridine rings is 1. The van der Waals surface area contributed by atoms with Gasteiger partial charge in [0.15, 0.2) is 0 Å². The highest BCUT2D eigenvalue weighted by molar-refractivity contribution is 5.92. The Hall–Kier alpha value is -2.80. The molecule has 1 aliphatic rings. The number of piperidine rings is 1. The Balaban J connectivity index is 0.00000280. The van der Waals surface area contributed by atoms with Crippen LogP contribution in [-0.4, -0.2) is 41.4 Å². The Bertz CT molecular complexity index is 763. The highest BCUT2D eigenvalue weighted by Crippen LogP contribution is 2.20. The monoisotopic (exact) mass is 404 g/mol. The van der Waals surface area contributed by atoms with Crippen LogP contribution in [0.4, 0.5) is 11.5 Å². The number of halogens is 1. The Labute approximate surface area is 170 Å². The van der Waals surface area contributed by atoms with Crippen LogP contribution in [0.15, 0.2) is 48.7 Å². The molecule has 3 rings (SSSR count). The van der Waals surface area contributed by atoms with Crippen LogP contribution in [0.2, 0.25) is 0 Å². The first kappa shape index (κ1) is 21.5. The molecule has 0 atom stereocenters. The molecule has 1 saturated heterocycles. The lowest BCUT2D eigenvalue weighted by molar-refractivity contribution is -0.135. The lowest BCUT2D eigenvalue weighted by Crippen LogP contribution is -2.41. The van der Waals surface area contributed by atoms with Gasteiger partial charge in [-0.2, -0.15) is 0 Å². The molecule has 0 saturated carbocycles. The van der Waals surface area contributed by atoms with Crippen molar-refractivity contribution in [1.29, 1.82) is 0 Å². The van der Waals surface area contributed by atoms with Gasteiger partial charge >= 0.3 is 0 Å². The van der Waals surface area contributed by atoms with E-state index in [1.165, 1.54) is 0 Å². The molecular formula is C20H25ClN4O3. The van der Waals surface area contributed by atoms with Crippen LogP contribution in [0, 0.1) is 5.92 Å². The number of hydrogen-bond acceptors (Lipinski definition) is 5. The quantitative estimate of drug-likeness (QED) is 0.771. The maximum Gasteiger partial charge on any atom is 0.227 e. The van der Waals surface area contributed by atoms with Crippen molar-refractivity contribution in [3.05, 3.63) is 48.7 Å². The first-order valence-corrected chi connectivity index (χ1v) is 9.10. The van der Waals surface area contributed by atoms with Gasteiger partial charge in [-0.25, -0.2) is 4.98 Å². The number of benzene rings is 1. The average molecular weight is 405 g/mol. The molecule has 0 bridgehead atoms. The number of rotatable bonds is 6. The van der Waals surface area contributed by atoms with Gasteiger partial charge in [-0.15, -0.1) is 12.4 Å². The van der Waals surface area contributed by atoms with Crippen LogP contribution in [-0.2, 0) is 9.59 Å². The number of anilines is 2. The minimum atomic E-state index is -0.104. The summed E-state index contributed by atoms with van der Waals surface area (Å²) in [6.45, 7) is 1.53. The fraction of sp³-hybridized carbons (Fsp3) is 0.350. The van der Waals surface area contributed by atoms with E-state index in [9.17, 15) is 9.59 Å². The normalized spacial score (nSPS) is 14.1. The van der Waals surface area contributed by atoms with E-state index in [4.69, 9.17) is 10.5 Å². The molecular weight excluding hydrogens is 380 g/mol. The Morgan fingerprint density at radius 3 is 2.50 bits per heavy atom. The minimum Gasteiger partial charge on any atom is -0.493 e. The number of aromatic nitrogens is 1. The van der Waals surface area contributed by atoms with Crippen LogP contribution in [0.5, 0.6) is 5.75 Å². The number of carbonyl (C=O) groups is 2. The van der Waals surface area contributed by atoms with Crippen molar-refractivity contribution in [2.45, 2.75) is 19.3 Å². The van der Waals surface area contributed by atoms with Crippen molar-refractivity contribution in [2.24, 2.45) is 5.92 Å². The third kappa shape index (κ3) is 6.13. The van der Waals surface area contributed by atoms with Gasteiger partial charge in [-0.1, -0.05) is 18.2 Å². The number of nitrogens with zero attached hydrogens (tertiary/aromatic N) is 2. The molecule has 2 amide bonds. The molecule has 150 valence electrons. The number of amides is 2. The molecule has 0 spiro atoms. The largest absolute Gasteiger partial charge is 0.493 e. The molecule has 1 aliphatic heterocycles. The van der Waals surface area contributed by atoms with Crippen molar-refractivity contribution in [3.8, 4) is 5.75 Å². The van der Waals surface area contributed by atoms with Crippen molar-refractivity contribution >= 4 is 35.7 Å². The molecule has 1 aromatic carbocycles. The standard InChI is InChI=1S/C20H24N4O3.ClH/c21-18-7-6-16(14-22-18)23-20(26)15-8-11-24(12-9-15)19(25)10-13-27-17-4-2-1-3-5-17;/h1-7,14-15H,8-13H2,(H2,21,22)(H,23,26);1H. The SMILES string of the molecule is Cl.Nc1ccc(NC(=O)C2CCN(C(=O)CCOc3ccccc3)CC2)cn1. The molecule has 8 heteroatoms.